The largest absolute Gasteiger partial charge is 0.457 e. The van der Waals surface area contributed by atoms with Gasteiger partial charge in [0.15, 0.2) is 5.78 Å². The van der Waals surface area contributed by atoms with Crippen LogP contribution in [0.2, 0.25) is 0 Å². The van der Waals surface area contributed by atoms with Crippen molar-refractivity contribution >= 4 is 57.2 Å². The highest BCUT2D eigenvalue weighted by molar-refractivity contribution is 7.96. The molecule has 1 saturated heterocycles. The van der Waals surface area contributed by atoms with Gasteiger partial charge >= 0.3 is 5.97 Å². The van der Waals surface area contributed by atoms with E-state index in [1.54, 1.807) is 4.90 Å². The Hall–Kier alpha value is -3.99. The zero-order chi connectivity index (χ0) is 31.3. The molecule has 4 aromatic rings. The lowest BCUT2D eigenvalue weighted by Gasteiger charge is -2.51. The molecule has 1 aromatic heterocycles. The van der Waals surface area contributed by atoms with Gasteiger partial charge in [0.05, 0.1) is 16.8 Å². The Labute approximate surface area is 264 Å². The molecular weight excluding hydrogens is 585 g/mol. The van der Waals surface area contributed by atoms with Crippen molar-refractivity contribution in [1.82, 2.24) is 4.90 Å². The molecule has 5 nitrogen and oxygen atoms in total. The fraction of sp³-hybridized carbons (Fsp3) is 0.243. The van der Waals surface area contributed by atoms with Crippen molar-refractivity contribution in [3.05, 3.63) is 126 Å². The second kappa shape index (κ2) is 13.8. The highest BCUT2D eigenvalue weighted by Gasteiger charge is 2.55. The first-order chi connectivity index (χ1) is 21.3. The summed E-state index contributed by atoms with van der Waals surface area (Å²) in [5, 5.41) is 2.75. The van der Waals surface area contributed by atoms with E-state index in [1.165, 1.54) is 17.4 Å². The molecule has 0 spiro atoms. The van der Waals surface area contributed by atoms with Crippen LogP contribution in [0.3, 0.4) is 0 Å². The van der Waals surface area contributed by atoms with Crippen molar-refractivity contribution in [2.75, 3.05) is 6.61 Å². The summed E-state index contributed by atoms with van der Waals surface area (Å²) in [5.41, 5.74) is 0.295. The number of likely N-dealkylation sites (tertiary alicyclic amines) is 1. The van der Waals surface area contributed by atoms with Gasteiger partial charge in [-0.25, -0.2) is 4.79 Å². The molecule has 44 heavy (non-hydrogen) atoms. The first-order valence-corrected chi connectivity index (χ1v) is 17.6. The van der Waals surface area contributed by atoms with Gasteiger partial charge in [0, 0.05) is 18.2 Å². The monoisotopic (exact) mass is 623 g/mol. The van der Waals surface area contributed by atoms with E-state index in [0.717, 1.165) is 27.2 Å². The molecule has 0 saturated carbocycles. The van der Waals surface area contributed by atoms with Crippen LogP contribution in [0.15, 0.2) is 116 Å². The van der Waals surface area contributed by atoms with E-state index in [1.807, 2.05) is 117 Å². The zero-order valence-corrected chi connectivity index (χ0v) is 27.1. The molecule has 3 aromatic carbocycles. The van der Waals surface area contributed by atoms with Crippen LogP contribution in [0.4, 0.5) is 0 Å². The molecule has 1 fully saturated rings. The number of hydrogen-bond donors (Lipinski definition) is 0. The molecule has 226 valence electrons. The van der Waals surface area contributed by atoms with Gasteiger partial charge in [-0.1, -0.05) is 124 Å². The number of nitrogens with zero attached hydrogens (tertiary/aromatic N) is 1. The molecule has 2 atom stereocenters. The van der Waals surface area contributed by atoms with Crippen molar-refractivity contribution in [2.45, 2.75) is 39.7 Å². The second-order valence-corrected chi connectivity index (χ2v) is 15.7. The minimum absolute atomic E-state index is 0.00503. The summed E-state index contributed by atoms with van der Waals surface area (Å²) in [4.78, 5) is 46.0. The number of esters is 1. The summed E-state index contributed by atoms with van der Waals surface area (Å²) < 4.78 is 5.84. The Kier molecular flexibility index (Phi) is 9.83. The van der Waals surface area contributed by atoms with Gasteiger partial charge in [0.1, 0.15) is 12.0 Å². The molecule has 0 radical (unpaired) electrons. The van der Waals surface area contributed by atoms with Gasteiger partial charge in [-0.15, -0.1) is 11.3 Å². The fourth-order valence-electron chi connectivity index (χ4n) is 6.15. The molecule has 2 heterocycles. The predicted molar refractivity (Wildman–Crippen MR) is 183 cm³/mol. The van der Waals surface area contributed by atoms with Crippen LogP contribution < -0.4 is 15.9 Å². The second-order valence-electron chi connectivity index (χ2n) is 11.2. The molecule has 0 N–H and O–H groups in total. The van der Waals surface area contributed by atoms with Crippen molar-refractivity contribution in [3.8, 4) is 0 Å². The molecule has 0 bridgehead atoms. The third-order valence-electron chi connectivity index (χ3n) is 8.16. The number of rotatable bonds is 12. The topological polar surface area (TPSA) is 63.7 Å². The maximum Gasteiger partial charge on any atom is 0.356 e. The average molecular weight is 624 g/mol. The van der Waals surface area contributed by atoms with E-state index >= 15 is 0 Å². The molecule has 5 rings (SSSR count). The quantitative estimate of drug-likeness (QED) is 0.0618. The number of benzene rings is 3. The number of thiophene rings is 1. The number of ether oxygens (including phenoxy) is 1. The SMILES string of the molecule is C=CCOC(=O)C(N1C(=O)[C@H](C(C)C)[C@H]1CC(=O)c1ccc(CC)s1)=P(c1ccccc1)(c1ccccc1)c1ccccc1. The molecular formula is C37H38NO4PS. The molecule has 0 unspecified atom stereocenters. The van der Waals surface area contributed by atoms with Crippen LogP contribution in [-0.4, -0.2) is 40.6 Å². The average Bonchev–Trinajstić information content (AvgIpc) is 3.54. The summed E-state index contributed by atoms with van der Waals surface area (Å²) in [6, 6.07) is 33.1. The van der Waals surface area contributed by atoms with E-state index in [9.17, 15) is 14.4 Å². The van der Waals surface area contributed by atoms with Gasteiger partial charge in [0.2, 0.25) is 5.91 Å². The van der Waals surface area contributed by atoms with E-state index in [2.05, 4.69) is 13.5 Å². The standard InChI is InChI=1S/C37H38NO4PS/c1-5-24-42-37(41)36(38-31(34(26(3)4)35(38)40)25-32(39)33-23-22-30(6-2)44-33)43(27-16-10-7-11-17-27,28-18-12-8-13-19-28)29-20-14-9-15-21-29/h5,7-23,26,31,34H,1,6,24-25H2,2-4H3/t31-,34-/m1/s1. The number of amides is 1. The minimum Gasteiger partial charge on any atom is -0.457 e. The molecule has 1 aliphatic heterocycles. The van der Waals surface area contributed by atoms with Crippen molar-refractivity contribution in [2.24, 2.45) is 11.8 Å². The molecule has 7 heteroatoms. The Morgan fingerprint density at radius 2 is 1.41 bits per heavy atom. The van der Waals surface area contributed by atoms with E-state index in [0.29, 0.717) is 10.3 Å². The Bertz CT molecular complexity index is 1590. The number of carbonyl (C=O) groups excluding carboxylic acids is 3. The lowest BCUT2D eigenvalue weighted by molar-refractivity contribution is -0.153. The summed E-state index contributed by atoms with van der Waals surface area (Å²) >= 11 is 1.50. The third-order valence-corrected chi connectivity index (χ3v) is 13.7. The van der Waals surface area contributed by atoms with Crippen molar-refractivity contribution < 1.29 is 19.1 Å². The zero-order valence-electron chi connectivity index (χ0n) is 25.4. The third kappa shape index (κ3) is 5.77. The smallest absolute Gasteiger partial charge is 0.356 e. The summed E-state index contributed by atoms with van der Waals surface area (Å²) in [7, 11) is 0. The van der Waals surface area contributed by atoms with Gasteiger partial charge in [-0.05, 0) is 40.4 Å². The lowest BCUT2D eigenvalue weighted by Crippen LogP contribution is -2.67. The first-order valence-electron chi connectivity index (χ1n) is 15.0. The highest BCUT2D eigenvalue weighted by atomic mass is 32.1. The van der Waals surface area contributed by atoms with E-state index < -0.39 is 24.8 Å². The fourth-order valence-corrected chi connectivity index (χ4v) is 11.4. The molecule has 1 amide bonds. The van der Waals surface area contributed by atoms with Crippen LogP contribution in [0.5, 0.6) is 0 Å². The van der Waals surface area contributed by atoms with Gasteiger partial charge in [0.25, 0.3) is 0 Å². The van der Waals surface area contributed by atoms with Crippen molar-refractivity contribution in [3.63, 3.8) is 0 Å². The van der Waals surface area contributed by atoms with Gasteiger partial charge in [-0.3, -0.25) is 9.59 Å². The molecule has 1 aliphatic rings. The summed E-state index contributed by atoms with van der Waals surface area (Å²) in [5.74, 6) is -1.18. The first kappa shape index (κ1) is 31.4. The number of Topliss-reactive ketones (excluding diaryl/α,β-unsaturated/α-hetero) is 1. The number of carbonyl (C=O) groups is 3. The maximum atomic E-state index is 14.5. The lowest BCUT2D eigenvalue weighted by atomic mass is 9.76. The number of ketones is 1. The van der Waals surface area contributed by atoms with Crippen LogP contribution in [0.25, 0.3) is 0 Å². The van der Waals surface area contributed by atoms with Crippen LogP contribution in [-0.2, 0) is 20.7 Å². The maximum absolute atomic E-state index is 14.5. The van der Waals surface area contributed by atoms with Gasteiger partial charge < -0.3 is 9.64 Å². The van der Waals surface area contributed by atoms with Crippen LogP contribution in [0, 0.1) is 11.8 Å². The van der Waals surface area contributed by atoms with Gasteiger partial charge in [-0.2, -0.15) is 0 Å². The summed E-state index contributed by atoms with van der Waals surface area (Å²) in [6.07, 6.45) is 2.50. The van der Waals surface area contributed by atoms with Crippen molar-refractivity contribution in [1.29, 1.82) is 0 Å². The van der Waals surface area contributed by atoms with E-state index in [4.69, 9.17) is 4.74 Å². The number of β-lactam (4-membered cyclic amide) rings is 1. The summed E-state index contributed by atoms with van der Waals surface area (Å²) in [6.45, 7) is 6.79. The Morgan fingerprint density at radius 1 is 0.886 bits per heavy atom. The Morgan fingerprint density at radius 3 is 1.84 bits per heavy atom. The van der Waals surface area contributed by atoms with Crippen LogP contribution >= 0.6 is 18.2 Å². The number of aryl methyl sites for hydroxylation is 1. The predicted octanol–water partition coefficient (Wildman–Crippen LogP) is 6.22. The normalized spacial score (nSPS) is 16.4. The van der Waals surface area contributed by atoms with E-state index in [-0.39, 0.29) is 30.6 Å². The van der Waals surface area contributed by atoms with Crippen LogP contribution in [0.1, 0.15) is 41.7 Å². The minimum atomic E-state index is -3.02. The number of hydrogen-bond acceptors (Lipinski definition) is 5. The Balaban J connectivity index is 1.84. The molecule has 0 aliphatic carbocycles. The highest BCUT2D eigenvalue weighted by Crippen LogP contribution is 2.50.